The van der Waals surface area contributed by atoms with Crippen molar-refractivity contribution >= 4 is 10.0 Å². The van der Waals surface area contributed by atoms with Gasteiger partial charge in [-0.15, -0.1) is 0 Å². The molecular formula is C16H28N2O2S. The molecule has 1 rings (SSSR count). The monoisotopic (exact) mass is 312 g/mol. The smallest absolute Gasteiger partial charge is 0.240 e. The number of sulfonamides is 1. The van der Waals surface area contributed by atoms with Crippen LogP contribution in [0, 0.1) is 5.41 Å². The fourth-order valence-corrected chi connectivity index (χ4v) is 2.92. The van der Waals surface area contributed by atoms with Crippen LogP contribution in [-0.2, 0) is 16.4 Å². The Morgan fingerprint density at radius 3 is 2.19 bits per heavy atom. The fourth-order valence-electron chi connectivity index (χ4n) is 1.89. The lowest BCUT2D eigenvalue weighted by Crippen LogP contribution is -2.27. The molecule has 0 radical (unpaired) electrons. The molecular weight excluding hydrogens is 284 g/mol. The SMILES string of the molecule is CCNCCc1ccc(S(=O)(=O)NCCC(C)(C)C)cc1. The maximum absolute atomic E-state index is 12.2. The van der Waals surface area contributed by atoms with Gasteiger partial charge in [0.2, 0.25) is 10.0 Å². The second kappa shape index (κ2) is 7.92. The number of benzene rings is 1. The van der Waals surface area contributed by atoms with Gasteiger partial charge in [0.05, 0.1) is 4.90 Å². The molecule has 21 heavy (non-hydrogen) atoms. The van der Waals surface area contributed by atoms with E-state index in [0.29, 0.717) is 11.4 Å². The molecule has 0 bridgehead atoms. The van der Waals surface area contributed by atoms with Crippen LogP contribution in [0.5, 0.6) is 0 Å². The summed E-state index contributed by atoms with van der Waals surface area (Å²) in [5.41, 5.74) is 1.27. The van der Waals surface area contributed by atoms with Crippen LogP contribution in [0.25, 0.3) is 0 Å². The zero-order chi connectivity index (χ0) is 15.9. The lowest BCUT2D eigenvalue weighted by molar-refractivity contribution is 0.378. The zero-order valence-corrected chi connectivity index (χ0v) is 14.4. The van der Waals surface area contributed by atoms with Gasteiger partial charge in [0, 0.05) is 6.54 Å². The molecule has 0 unspecified atom stereocenters. The first-order chi connectivity index (χ1) is 9.74. The molecule has 0 aliphatic heterocycles. The van der Waals surface area contributed by atoms with E-state index in [2.05, 4.69) is 37.7 Å². The lowest BCUT2D eigenvalue weighted by Gasteiger charge is -2.18. The van der Waals surface area contributed by atoms with Gasteiger partial charge in [0.15, 0.2) is 0 Å². The molecule has 0 aromatic heterocycles. The molecule has 0 saturated carbocycles. The van der Waals surface area contributed by atoms with Crippen molar-refractivity contribution in [3.8, 4) is 0 Å². The predicted octanol–water partition coefficient (Wildman–Crippen LogP) is 2.55. The maximum Gasteiger partial charge on any atom is 0.240 e. The van der Waals surface area contributed by atoms with Crippen LogP contribution >= 0.6 is 0 Å². The number of hydrogen-bond donors (Lipinski definition) is 2. The highest BCUT2D eigenvalue weighted by molar-refractivity contribution is 7.89. The van der Waals surface area contributed by atoms with E-state index in [1.54, 1.807) is 12.1 Å². The number of nitrogens with one attached hydrogen (secondary N) is 2. The van der Waals surface area contributed by atoms with Crippen molar-refractivity contribution in [3.05, 3.63) is 29.8 Å². The average Bonchev–Trinajstić information content (AvgIpc) is 2.38. The summed E-state index contributed by atoms with van der Waals surface area (Å²) in [4.78, 5) is 0.337. The van der Waals surface area contributed by atoms with Crippen molar-refractivity contribution in [2.45, 2.75) is 45.4 Å². The van der Waals surface area contributed by atoms with Crippen LogP contribution in [0.3, 0.4) is 0 Å². The topological polar surface area (TPSA) is 58.2 Å². The van der Waals surface area contributed by atoms with Gasteiger partial charge in [0.1, 0.15) is 0 Å². The summed E-state index contributed by atoms with van der Waals surface area (Å²) in [6.07, 6.45) is 1.72. The second-order valence-corrected chi connectivity index (χ2v) is 8.22. The highest BCUT2D eigenvalue weighted by Gasteiger charge is 2.16. The Kier molecular flexibility index (Phi) is 6.84. The fraction of sp³-hybridized carbons (Fsp3) is 0.625. The minimum atomic E-state index is -3.39. The maximum atomic E-state index is 12.2. The Bertz CT molecular complexity index is 516. The van der Waals surface area contributed by atoms with Crippen LogP contribution in [-0.4, -0.2) is 28.1 Å². The average molecular weight is 312 g/mol. The summed E-state index contributed by atoms with van der Waals surface area (Å²) >= 11 is 0. The van der Waals surface area contributed by atoms with Crippen molar-refractivity contribution in [3.63, 3.8) is 0 Å². The van der Waals surface area contributed by atoms with Crippen LogP contribution in [0.1, 0.15) is 39.7 Å². The molecule has 1 aromatic rings. The van der Waals surface area contributed by atoms with E-state index in [1.165, 1.54) is 0 Å². The molecule has 0 fully saturated rings. The largest absolute Gasteiger partial charge is 0.317 e. The van der Waals surface area contributed by atoms with Gasteiger partial charge in [-0.05, 0) is 49.0 Å². The van der Waals surface area contributed by atoms with E-state index in [0.717, 1.165) is 31.5 Å². The van der Waals surface area contributed by atoms with Gasteiger partial charge in [0.25, 0.3) is 0 Å². The predicted molar refractivity (Wildman–Crippen MR) is 88.0 cm³/mol. The minimum absolute atomic E-state index is 0.124. The Balaban J connectivity index is 2.59. The zero-order valence-electron chi connectivity index (χ0n) is 13.6. The third-order valence-electron chi connectivity index (χ3n) is 3.24. The number of rotatable bonds is 8. The lowest BCUT2D eigenvalue weighted by atomic mass is 9.93. The third-order valence-corrected chi connectivity index (χ3v) is 4.72. The summed E-state index contributed by atoms with van der Waals surface area (Å²) in [5, 5.41) is 3.25. The summed E-state index contributed by atoms with van der Waals surface area (Å²) in [5.74, 6) is 0. The molecule has 4 nitrogen and oxygen atoms in total. The van der Waals surface area contributed by atoms with Crippen molar-refractivity contribution in [2.75, 3.05) is 19.6 Å². The van der Waals surface area contributed by atoms with Crippen molar-refractivity contribution in [2.24, 2.45) is 5.41 Å². The van der Waals surface area contributed by atoms with Gasteiger partial charge >= 0.3 is 0 Å². The highest BCUT2D eigenvalue weighted by Crippen LogP contribution is 2.18. The van der Waals surface area contributed by atoms with E-state index >= 15 is 0 Å². The Morgan fingerprint density at radius 2 is 1.67 bits per heavy atom. The quantitative estimate of drug-likeness (QED) is 0.725. The molecule has 0 heterocycles. The summed E-state index contributed by atoms with van der Waals surface area (Å²) in [7, 11) is -3.39. The minimum Gasteiger partial charge on any atom is -0.317 e. The van der Waals surface area contributed by atoms with Crippen molar-refractivity contribution in [1.29, 1.82) is 0 Å². The van der Waals surface area contributed by atoms with Crippen LogP contribution in [0.15, 0.2) is 29.2 Å². The third kappa shape index (κ3) is 7.07. The Labute approximate surface area is 129 Å². The first-order valence-electron chi connectivity index (χ1n) is 7.54. The molecule has 0 aliphatic carbocycles. The van der Waals surface area contributed by atoms with E-state index in [9.17, 15) is 8.42 Å². The van der Waals surface area contributed by atoms with Crippen LogP contribution in [0.4, 0.5) is 0 Å². The van der Waals surface area contributed by atoms with Gasteiger partial charge in [-0.3, -0.25) is 0 Å². The molecule has 120 valence electrons. The van der Waals surface area contributed by atoms with Crippen molar-refractivity contribution in [1.82, 2.24) is 10.0 Å². The molecule has 1 aromatic carbocycles. The molecule has 5 heteroatoms. The first-order valence-corrected chi connectivity index (χ1v) is 9.02. The van der Waals surface area contributed by atoms with Crippen molar-refractivity contribution < 1.29 is 8.42 Å². The van der Waals surface area contributed by atoms with Gasteiger partial charge in [-0.2, -0.15) is 0 Å². The summed E-state index contributed by atoms with van der Waals surface area (Å²) in [6, 6.07) is 7.13. The first kappa shape index (κ1) is 18.1. The van der Waals surface area contributed by atoms with E-state index < -0.39 is 10.0 Å². The standard InChI is InChI=1S/C16H28N2O2S/c1-5-17-12-10-14-6-8-15(9-7-14)21(19,20)18-13-11-16(2,3)4/h6-9,17-18H,5,10-13H2,1-4H3. The normalized spacial score (nSPS) is 12.6. The molecule has 0 spiro atoms. The van der Waals surface area contributed by atoms with Gasteiger partial charge < -0.3 is 5.32 Å². The molecule has 2 N–H and O–H groups in total. The summed E-state index contributed by atoms with van der Waals surface area (Å²) in [6.45, 7) is 10.7. The number of likely N-dealkylation sites (N-methyl/N-ethyl adjacent to an activating group) is 1. The Hall–Kier alpha value is -0.910. The molecule has 0 aliphatic rings. The molecule has 0 saturated heterocycles. The van der Waals surface area contributed by atoms with E-state index in [1.807, 2.05) is 12.1 Å². The molecule has 0 amide bonds. The van der Waals surface area contributed by atoms with Crippen LogP contribution < -0.4 is 10.0 Å². The van der Waals surface area contributed by atoms with Crippen LogP contribution in [0.2, 0.25) is 0 Å². The molecule has 0 atom stereocenters. The van der Waals surface area contributed by atoms with Gasteiger partial charge in [-0.25, -0.2) is 13.1 Å². The number of hydrogen-bond acceptors (Lipinski definition) is 3. The van der Waals surface area contributed by atoms with Gasteiger partial charge in [-0.1, -0.05) is 39.8 Å². The Morgan fingerprint density at radius 1 is 1.05 bits per heavy atom. The van der Waals surface area contributed by atoms with E-state index in [4.69, 9.17) is 0 Å². The summed E-state index contributed by atoms with van der Waals surface area (Å²) < 4.78 is 27.0. The highest BCUT2D eigenvalue weighted by atomic mass is 32.2. The van der Waals surface area contributed by atoms with E-state index in [-0.39, 0.29) is 5.41 Å². The second-order valence-electron chi connectivity index (χ2n) is 6.46.